The van der Waals surface area contributed by atoms with E-state index in [9.17, 15) is 0 Å². The Morgan fingerprint density at radius 2 is 2.29 bits per heavy atom. The van der Waals surface area contributed by atoms with Gasteiger partial charge in [0.05, 0.1) is 6.10 Å². The van der Waals surface area contributed by atoms with Crippen molar-refractivity contribution in [3.05, 3.63) is 22.9 Å². The molecule has 0 saturated carbocycles. The van der Waals surface area contributed by atoms with Gasteiger partial charge in [-0.15, -0.1) is 0 Å². The monoisotopic (exact) mass is 252 g/mol. The fourth-order valence-electron chi connectivity index (χ4n) is 2.19. The molecule has 1 saturated heterocycles. The maximum absolute atomic E-state index is 5.83. The second-order valence-electron chi connectivity index (χ2n) is 4.59. The van der Waals surface area contributed by atoms with Crippen molar-refractivity contribution < 1.29 is 4.74 Å². The van der Waals surface area contributed by atoms with E-state index in [-0.39, 0.29) is 0 Å². The normalized spacial score (nSPS) is 24.2. The number of pyridine rings is 1. The van der Waals surface area contributed by atoms with E-state index in [2.05, 4.69) is 24.9 Å². The smallest absolute Gasteiger partial charge is 0.101 e. The summed E-state index contributed by atoms with van der Waals surface area (Å²) in [6.45, 7) is 7.70. The van der Waals surface area contributed by atoms with E-state index in [0.29, 0.717) is 17.9 Å². The lowest BCUT2D eigenvalue weighted by Crippen LogP contribution is -2.15. The van der Waals surface area contributed by atoms with Crippen LogP contribution < -0.4 is 5.73 Å². The van der Waals surface area contributed by atoms with Gasteiger partial charge in [-0.25, -0.2) is 4.98 Å². The number of aromatic nitrogens is 1. The summed E-state index contributed by atoms with van der Waals surface area (Å²) in [7, 11) is 0. The Morgan fingerprint density at radius 1 is 1.53 bits per heavy atom. The predicted octanol–water partition coefficient (Wildman–Crippen LogP) is 2.43. The van der Waals surface area contributed by atoms with Gasteiger partial charge in [0, 0.05) is 29.7 Å². The minimum atomic E-state index is 0.313. The zero-order chi connectivity index (χ0) is 12.4. The zero-order valence-corrected chi connectivity index (χ0v) is 11.5. The average molecular weight is 252 g/mol. The molecule has 1 aromatic rings. The summed E-state index contributed by atoms with van der Waals surface area (Å²) in [6, 6.07) is 2.10. The second-order valence-corrected chi connectivity index (χ2v) is 5.82. The average Bonchev–Trinajstić information content (AvgIpc) is 2.64. The Bertz CT molecular complexity index is 409. The molecule has 0 bridgehead atoms. The number of rotatable bonds is 3. The van der Waals surface area contributed by atoms with Crippen LogP contribution >= 0.6 is 11.8 Å². The van der Waals surface area contributed by atoms with E-state index in [0.717, 1.165) is 23.7 Å². The third-order valence-electron chi connectivity index (χ3n) is 3.21. The molecule has 2 heterocycles. The van der Waals surface area contributed by atoms with Crippen LogP contribution in [0, 0.1) is 13.8 Å². The predicted molar refractivity (Wildman–Crippen MR) is 71.3 cm³/mol. The van der Waals surface area contributed by atoms with Crippen molar-refractivity contribution in [2.24, 2.45) is 5.73 Å². The van der Waals surface area contributed by atoms with E-state index in [1.807, 2.05) is 18.7 Å². The Morgan fingerprint density at radius 3 is 2.88 bits per heavy atom. The molecule has 2 rings (SSSR count). The first-order valence-corrected chi connectivity index (χ1v) is 6.95. The zero-order valence-electron chi connectivity index (χ0n) is 10.7. The molecule has 0 aliphatic carbocycles. The van der Waals surface area contributed by atoms with Crippen LogP contribution in [-0.2, 0) is 11.3 Å². The van der Waals surface area contributed by atoms with Gasteiger partial charge in [-0.2, -0.15) is 0 Å². The Kier molecular flexibility index (Phi) is 4.07. The minimum Gasteiger partial charge on any atom is -0.377 e. The van der Waals surface area contributed by atoms with Gasteiger partial charge in [0.25, 0.3) is 0 Å². The van der Waals surface area contributed by atoms with Crippen molar-refractivity contribution in [1.82, 2.24) is 4.98 Å². The number of nitrogens with zero attached hydrogens (tertiary/aromatic N) is 1. The highest BCUT2D eigenvalue weighted by atomic mass is 32.2. The molecular weight excluding hydrogens is 232 g/mol. The van der Waals surface area contributed by atoms with Crippen molar-refractivity contribution in [2.45, 2.75) is 50.1 Å². The van der Waals surface area contributed by atoms with Crippen molar-refractivity contribution in [3.8, 4) is 0 Å². The molecule has 94 valence electrons. The lowest BCUT2D eigenvalue weighted by Gasteiger charge is -2.16. The molecule has 17 heavy (non-hydrogen) atoms. The quantitative estimate of drug-likeness (QED) is 0.897. The molecule has 0 spiro atoms. The first-order valence-electron chi connectivity index (χ1n) is 6.07. The summed E-state index contributed by atoms with van der Waals surface area (Å²) in [5.41, 5.74) is 9.31. The standard InChI is InChI=1S/C13H20N2OS/c1-8-6-9(2)15-13(11(8)7-14)17-12-4-5-16-10(12)3/h6,10,12H,4-5,7,14H2,1-3H3. The third-order valence-corrected chi connectivity index (χ3v) is 4.69. The summed E-state index contributed by atoms with van der Waals surface area (Å²) >= 11 is 1.82. The summed E-state index contributed by atoms with van der Waals surface area (Å²) in [5.74, 6) is 0. The number of nitrogens with two attached hydrogens (primary N) is 1. The first kappa shape index (κ1) is 12.9. The van der Waals surface area contributed by atoms with E-state index in [1.54, 1.807) is 0 Å². The van der Waals surface area contributed by atoms with Gasteiger partial charge in [-0.3, -0.25) is 0 Å². The largest absolute Gasteiger partial charge is 0.377 e. The third kappa shape index (κ3) is 2.81. The molecule has 0 radical (unpaired) electrons. The minimum absolute atomic E-state index is 0.313. The molecular formula is C13H20N2OS. The second kappa shape index (κ2) is 5.38. The molecule has 4 heteroatoms. The number of hydrogen-bond donors (Lipinski definition) is 1. The molecule has 0 aromatic carbocycles. The molecule has 1 aliphatic rings. The van der Waals surface area contributed by atoms with Crippen molar-refractivity contribution >= 4 is 11.8 Å². The van der Waals surface area contributed by atoms with Gasteiger partial charge in [-0.05, 0) is 38.8 Å². The van der Waals surface area contributed by atoms with Crippen LogP contribution in [0.3, 0.4) is 0 Å². The molecule has 1 fully saturated rings. The highest BCUT2D eigenvalue weighted by Crippen LogP contribution is 2.34. The highest BCUT2D eigenvalue weighted by Gasteiger charge is 2.26. The lowest BCUT2D eigenvalue weighted by atomic mass is 10.1. The lowest BCUT2D eigenvalue weighted by molar-refractivity contribution is 0.127. The summed E-state index contributed by atoms with van der Waals surface area (Å²) in [4.78, 5) is 4.63. The van der Waals surface area contributed by atoms with Gasteiger partial charge in [0.15, 0.2) is 0 Å². The number of hydrogen-bond acceptors (Lipinski definition) is 4. The van der Waals surface area contributed by atoms with E-state index in [4.69, 9.17) is 10.5 Å². The van der Waals surface area contributed by atoms with Gasteiger partial charge < -0.3 is 10.5 Å². The van der Waals surface area contributed by atoms with E-state index in [1.165, 1.54) is 11.1 Å². The number of aryl methyl sites for hydroxylation is 2. The van der Waals surface area contributed by atoms with Crippen LogP contribution in [0.1, 0.15) is 30.2 Å². The molecule has 2 N–H and O–H groups in total. The maximum atomic E-state index is 5.83. The molecule has 0 amide bonds. The molecule has 3 nitrogen and oxygen atoms in total. The fraction of sp³-hybridized carbons (Fsp3) is 0.615. The van der Waals surface area contributed by atoms with Crippen LogP contribution in [0.4, 0.5) is 0 Å². The summed E-state index contributed by atoms with van der Waals surface area (Å²) in [6.07, 6.45) is 1.41. The van der Waals surface area contributed by atoms with Crippen LogP contribution in [0.15, 0.2) is 11.1 Å². The maximum Gasteiger partial charge on any atom is 0.101 e. The topological polar surface area (TPSA) is 48.1 Å². The first-order chi connectivity index (χ1) is 8.11. The van der Waals surface area contributed by atoms with Gasteiger partial charge >= 0.3 is 0 Å². The van der Waals surface area contributed by atoms with Crippen LogP contribution in [-0.4, -0.2) is 22.9 Å². The number of thioether (sulfide) groups is 1. The van der Waals surface area contributed by atoms with Gasteiger partial charge in [0.2, 0.25) is 0 Å². The van der Waals surface area contributed by atoms with Crippen LogP contribution in [0.5, 0.6) is 0 Å². The van der Waals surface area contributed by atoms with Crippen molar-refractivity contribution in [1.29, 1.82) is 0 Å². The highest BCUT2D eigenvalue weighted by molar-refractivity contribution is 8.00. The SMILES string of the molecule is Cc1cc(C)c(CN)c(SC2CCOC2C)n1. The summed E-state index contributed by atoms with van der Waals surface area (Å²) < 4.78 is 5.59. The molecule has 2 unspecified atom stereocenters. The Balaban J connectivity index is 2.24. The molecule has 1 aliphatic heterocycles. The van der Waals surface area contributed by atoms with Crippen LogP contribution in [0.2, 0.25) is 0 Å². The fourth-order valence-corrected chi connectivity index (χ4v) is 3.54. The number of ether oxygens (including phenoxy) is 1. The van der Waals surface area contributed by atoms with Crippen LogP contribution in [0.25, 0.3) is 0 Å². The Hall–Kier alpha value is -0.580. The molecule has 2 atom stereocenters. The van der Waals surface area contributed by atoms with E-state index < -0.39 is 0 Å². The van der Waals surface area contributed by atoms with Gasteiger partial charge in [0.1, 0.15) is 5.03 Å². The van der Waals surface area contributed by atoms with E-state index >= 15 is 0 Å². The van der Waals surface area contributed by atoms with Gasteiger partial charge in [-0.1, -0.05) is 11.8 Å². The Labute approximate surface area is 107 Å². The summed E-state index contributed by atoms with van der Waals surface area (Å²) in [5, 5.41) is 1.60. The van der Waals surface area contributed by atoms with Crippen molar-refractivity contribution in [3.63, 3.8) is 0 Å². The molecule has 1 aromatic heterocycles. The van der Waals surface area contributed by atoms with Crippen molar-refractivity contribution in [2.75, 3.05) is 6.61 Å².